The number of thioether (sulfide) groups is 1. The average molecular weight is 177 g/mol. The van der Waals surface area contributed by atoms with E-state index in [1.165, 1.54) is 4.90 Å². The van der Waals surface area contributed by atoms with Crippen LogP contribution in [0.5, 0.6) is 0 Å². The van der Waals surface area contributed by atoms with Crippen LogP contribution in [0.25, 0.3) is 0 Å². The Labute approximate surface area is 77.6 Å². The van der Waals surface area contributed by atoms with E-state index in [-0.39, 0.29) is 0 Å². The number of unbranched alkanes of at least 4 members (excludes halogenated alkanes) is 1. The lowest BCUT2D eigenvalue weighted by molar-refractivity contribution is 0.997. The number of nitrogens with zero attached hydrogens (tertiary/aromatic N) is 1. The first kappa shape index (κ1) is 9.15. The van der Waals surface area contributed by atoms with Crippen LogP contribution < -0.4 is 0 Å². The Balaban J connectivity index is 2.21. The third kappa shape index (κ3) is 3.45. The van der Waals surface area contributed by atoms with Crippen LogP contribution in [0.15, 0.2) is 29.4 Å². The van der Waals surface area contributed by atoms with Crippen molar-refractivity contribution in [1.29, 1.82) is 0 Å². The van der Waals surface area contributed by atoms with Crippen LogP contribution in [0.3, 0.4) is 0 Å². The van der Waals surface area contributed by atoms with Gasteiger partial charge in [0.1, 0.15) is 0 Å². The summed E-state index contributed by atoms with van der Waals surface area (Å²) in [5, 5.41) is 0. The standard InChI is InChI=1S/C10H11NS/c1-2-3-4-9-12-10-5-7-11-8-6-10/h1,5-8H,3-4,9H2. The Morgan fingerprint density at radius 1 is 1.42 bits per heavy atom. The molecule has 0 atom stereocenters. The Morgan fingerprint density at radius 3 is 2.83 bits per heavy atom. The van der Waals surface area contributed by atoms with Gasteiger partial charge in [0.25, 0.3) is 0 Å². The van der Waals surface area contributed by atoms with Crippen molar-refractivity contribution in [3.8, 4) is 12.3 Å². The van der Waals surface area contributed by atoms with Crippen LogP contribution in [-0.4, -0.2) is 10.7 Å². The van der Waals surface area contributed by atoms with Crippen molar-refractivity contribution in [2.45, 2.75) is 17.7 Å². The van der Waals surface area contributed by atoms with Crippen molar-refractivity contribution < 1.29 is 0 Å². The molecule has 2 heteroatoms. The summed E-state index contributed by atoms with van der Waals surface area (Å²) in [6, 6.07) is 4.03. The van der Waals surface area contributed by atoms with Gasteiger partial charge in [-0.05, 0) is 24.3 Å². The van der Waals surface area contributed by atoms with Crippen LogP contribution >= 0.6 is 11.8 Å². The van der Waals surface area contributed by atoms with Gasteiger partial charge in [0, 0.05) is 23.7 Å². The highest BCUT2D eigenvalue weighted by Crippen LogP contribution is 2.17. The van der Waals surface area contributed by atoms with Gasteiger partial charge < -0.3 is 0 Å². The molecule has 0 saturated carbocycles. The van der Waals surface area contributed by atoms with Crippen molar-refractivity contribution in [2.75, 3.05) is 5.75 Å². The Kier molecular flexibility index (Phi) is 4.33. The molecule has 0 saturated heterocycles. The van der Waals surface area contributed by atoms with E-state index in [4.69, 9.17) is 6.42 Å². The number of terminal acetylenes is 1. The highest BCUT2D eigenvalue weighted by Gasteiger charge is 1.90. The molecule has 1 aromatic heterocycles. The average Bonchev–Trinajstić information content (AvgIpc) is 2.14. The minimum Gasteiger partial charge on any atom is -0.265 e. The number of hydrogen-bond donors (Lipinski definition) is 0. The molecule has 1 aromatic rings. The molecule has 0 aliphatic carbocycles. The van der Waals surface area contributed by atoms with Gasteiger partial charge >= 0.3 is 0 Å². The van der Waals surface area contributed by atoms with Gasteiger partial charge in [0.15, 0.2) is 0 Å². The minimum absolute atomic E-state index is 0.873. The maximum absolute atomic E-state index is 5.14. The van der Waals surface area contributed by atoms with Gasteiger partial charge in [-0.25, -0.2) is 0 Å². The summed E-state index contributed by atoms with van der Waals surface area (Å²) in [7, 11) is 0. The first-order chi connectivity index (χ1) is 5.93. The van der Waals surface area contributed by atoms with Crippen molar-refractivity contribution in [2.24, 2.45) is 0 Å². The fourth-order valence-corrected chi connectivity index (χ4v) is 1.64. The van der Waals surface area contributed by atoms with Crippen molar-refractivity contribution in [1.82, 2.24) is 4.98 Å². The first-order valence-corrected chi connectivity index (χ1v) is 4.88. The number of hydrogen-bond acceptors (Lipinski definition) is 2. The molecule has 0 aromatic carbocycles. The molecule has 62 valence electrons. The monoisotopic (exact) mass is 177 g/mol. The summed E-state index contributed by atoms with van der Waals surface area (Å²) in [6.07, 6.45) is 10.7. The Morgan fingerprint density at radius 2 is 2.17 bits per heavy atom. The molecule has 0 fully saturated rings. The lowest BCUT2D eigenvalue weighted by atomic mass is 10.4. The highest BCUT2D eigenvalue weighted by atomic mass is 32.2. The van der Waals surface area contributed by atoms with Gasteiger partial charge in [-0.15, -0.1) is 24.1 Å². The van der Waals surface area contributed by atoms with Crippen LogP contribution in [-0.2, 0) is 0 Å². The van der Waals surface area contributed by atoms with Crippen molar-refractivity contribution in [3.05, 3.63) is 24.5 Å². The first-order valence-electron chi connectivity index (χ1n) is 3.90. The Bertz CT molecular complexity index is 250. The summed E-state index contributed by atoms with van der Waals surface area (Å²) < 4.78 is 0. The second kappa shape index (κ2) is 5.68. The van der Waals surface area contributed by atoms with E-state index in [9.17, 15) is 0 Å². The predicted molar refractivity (Wildman–Crippen MR) is 53.0 cm³/mol. The lowest BCUT2D eigenvalue weighted by Gasteiger charge is -1.97. The zero-order valence-corrected chi connectivity index (χ0v) is 7.68. The number of pyridine rings is 1. The smallest absolute Gasteiger partial charge is 0.0278 e. The molecule has 12 heavy (non-hydrogen) atoms. The molecule has 1 rings (SSSR count). The molecule has 0 bridgehead atoms. The summed E-state index contributed by atoms with van der Waals surface area (Å²) in [5.41, 5.74) is 0. The summed E-state index contributed by atoms with van der Waals surface area (Å²) >= 11 is 1.82. The van der Waals surface area contributed by atoms with Gasteiger partial charge in [-0.2, -0.15) is 0 Å². The molecule has 1 nitrogen and oxygen atoms in total. The van der Waals surface area contributed by atoms with Gasteiger partial charge in [0.2, 0.25) is 0 Å². The fourth-order valence-electron chi connectivity index (χ4n) is 0.799. The van der Waals surface area contributed by atoms with Gasteiger partial charge in [-0.3, -0.25) is 4.98 Å². The molecule has 0 N–H and O–H groups in total. The highest BCUT2D eigenvalue weighted by molar-refractivity contribution is 7.99. The second-order valence-corrected chi connectivity index (χ2v) is 3.51. The summed E-state index contributed by atoms with van der Waals surface area (Å²) in [5.74, 6) is 3.72. The molecule has 0 radical (unpaired) electrons. The third-order valence-corrected chi connectivity index (χ3v) is 2.48. The zero-order valence-electron chi connectivity index (χ0n) is 6.86. The maximum atomic E-state index is 5.14. The molecule has 0 spiro atoms. The Hall–Kier alpha value is -0.940. The molecular formula is C10H11NS. The fraction of sp³-hybridized carbons (Fsp3) is 0.300. The number of rotatable bonds is 4. The topological polar surface area (TPSA) is 12.9 Å². The minimum atomic E-state index is 0.873. The largest absolute Gasteiger partial charge is 0.265 e. The van der Waals surface area contributed by atoms with E-state index in [2.05, 4.69) is 10.9 Å². The van der Waals surface area contributed by atoms with Gasteiger partial charge in [0.05, 0.1) is 0 Å². The SMILES string of the molecule is C#CCCCSc1ccncc1. The normalized spacial score (nSPS) is 9.25. The molecule has 1 heterocycles. The van der Waals surface area contributed by atoms with Crippen LogP contribution in [0.1, 0.15) is 12.8 Å². The van der Waals surface area contributed by atoms with E-state index >= 15 is 0 Å². The van der Waals surface area contributed by atoms with Crippen LogP contribution in [0.2, 0.25) is 0 Å². The maximum Gasteiger partial charge on any atom is 0.0278 e. The van der Waals surface area contributed by atoms with E-state index in [1.54, 1.807) is 0 Å². The van der Waals surface area contributed by atoms with E-state index < -0.39 is 0 Å². The van der Waals surface area contributed by atoms with Crippen LogP contribution in [0, 0.1) is 12.3 Å². The zero-order chi connectivity index (χ0) is 8.65. The molecular weight excluding hydrogens is 166 g/mol. The molecule has 0 aliphatic heterocycles. The quantitative estimate of drug-likeness (QED) is 0.398. The lowest BCUT2D eigenvalue weighted by Crippen LogP contribution is -1.79. The second-order valence-electron chi connectivity index (χ2n) is 2.34. The third-order valence-electron chi connectivity index (χ3n) is 1.38. The number of aromatic nitrogens is 1. The van der Waals surface area contributed by atoms with Crippen LogP contribution in [0.4, 0.5) is 0 Å². The molecule has 0 amide bonds. The van der Waals surface area contributed by atoms with Crippen molar-refractivity contribution in [3.63, 3.8) is 0 Å². The van der Waals surface area contributed by atoms with E-state index in [0.29, 0.717) is 0 Å². The molecule has 0 aliphatic rings. The summed E-state index contributed by atoms with van der Waals surface area (Å²) in [6.45, 7) is 0. The summed E-state index contributed by atoms with van der Waals surface area (Å²) in [4.78, 5) is 5.21. The predicted octanol–water partition coefficient (Wildman–Crippen LogP) is 2.59. The molecule has 0 unspecified atom stereocenters. The van der Waals surface area contributed by atoms with E-state index in [0.717, 1.165) is 18.6 Å². The van der Waals surface area contributed by atoms with E-state index in [1.807, 2.05) is 36.3 Å². The van der Waals surface area contributed by atoms with Crippen molar-refractivity contribution >= 4 is 11.8 Å². The van der Waals surface area contributed by atoms with Gasteiger partial charge in [-0.1, -0.05) is 0 Å².